The molecule has 0 saturated heterocycles. The van der Waals surface area contributed by atoms with Crippen LogP contribution in [0.4, 0.5) is 0 Å². The summed E-state index contributed by atoms with van der Waals surface area (Å²) in [6.45, 7) is 0. The number of hydrogen-bond acceptors (Lipinski definition) is 3. The van der Waals surface area contributed by atoms with Crippen LogP contribution in [0.5, 0.6) is 0 Å². The van der Waals surface area contributed by atoms with E-state index in [0.717, 1.165) is 71.5 Å². The Labute approximate surface area is 346 Å². The van der Waals surface area contributed by atoms with E-state index < -0.39 is 8.07 Å². The molecule has 0 amide bonds. The predicted molar refractivity (Wildman–Crippen MR) is 249 cm³/mol. The highest BCUT2D eigenvalue weighted by Gasteiger charge is 2.43. The Morgan fingerprint density at radius 3 is 1.77 bits per heavy atom. The first-order valence-corrected chi connectivity index (χ1v) is 22.2. The fourth-order valence-corrected chi connectivity index (χ4v) is 14.5. The third-order valence-corrected chi connectivity index (χ3v) is 16.9. The zero-order valence-corrected chi connectivity index (χ0v) is 33.3. The van der Waals surface area contributed by atoms with Crippen LogP contribution in [-0.4, -0.2) is 22.2 Å². The van der Waals surface area contributed by atoms with Crippen molar-refractivity contribution in [1.29, 1.82) is 5.26 Å². The monoisotopic (exact) mass is 782 g/mol. The Balaban J connectivity index is 1.15. The number of fused-ring (bicyclic) bond motifs is 10. The molecule has 8 aromatic carbocycles. The molecule has 1 unspecified atom stereocenters. The second kappa shape index (κ2) is 13.3. The number of pyridine rings is 1. The van der Waals surface area contributed by atoms with E-state index in [1.54, 1.807) is 0 Å². The number of nitriles is 1. The van der Waals surface area contributed by atoms with E-state index >= 15 is 0 Å². The smallest absolute Gasteiger partial charge is 0.201 e. The van der Waals surface area contributed by atoms with Gasteiger partial charge in [-0.05, 0) is 100 Å². The number of benzene rings is 8. The van der Waals surface area contributed by atoms with Crippen LogP contribution < -0.4 is 20.9 Å². The van der Waals surface area contributed by atoms with Gasteiger partial charge in [0.1, 0.15) is 11.2 Å². The summed E-state index contributed by atoms with van der Waals surface area (Å²) >= 11 is 0. The molecule has 4 aromatic heterocycles. The molecule has 1 atom stereocenters. The number of rotatable bonds is 6. The Morgan fingerprint density at radius 2 is 1.03 bits per heavy atom. The molecule has 12 aromatic rings. The van der Waals surface area contributed by atoms with Gasteiger partial charge in [0.15, 0.2) is 0 Å². The van der Waals surface area contributed by atoms with E-state index in [1.807, 2.05) is 30.5 Å². The summed E-state index contributed by atoms with van der Waals surface area (Å²) in [6, 6.07) is 73.8. The number of furan rings is 1. The summed E-state index contributed by atoms with van der Waals surface area (Å²) in [5.74, 6) is 0. The second-order valence-electron chi connectivity index (χ2n) is 15.4. The summed E-state index contributed by atoms with van der Waals surface area (Å²) in [7, 11) is -3.14. The minimum atomic E-state index is -3.14. The molecular weight excluding hydrogens is 749 g/mol. The summed E-state index contributed by atoms with van der Waals surface area (Å²) in [4.78, 5) is 5.25. The van der Waals surface area contributed by atoms with Crippen LogP contribution in [0.1, 0.15) is 5.56 Å². The highest BCUT2D eigenvalue weighted by atomic mass is 28.3. The minimum absolute atomic E-state index is 0.649. The molecule has 0 N–H and O–H groups in total. The van der Waals surface area contributed by atoms with Gasteiger partial charge in [-0.2, -0.15) is 5.26 Å². The quantitative estimate of drug-likeness (QED) is 0.125. The molecule has 0 spiro atoms. The molecule has 0 fully saturated rings. The average molecular weight is 783 g/mol. The van der Waals surface area contributed by atoms with Gasteiger partial charge in [-0.1, -0.05) is 115 Å². The molecule has 280 valence electrons. The number of nitrogens with zero attached hydrogens (tertiary/aromatic N) is 4. The Morgan fingerprint density at radius 1 is 0.433 bits per heavy atom. The van der Waals surface area contributed by atoms with Crippen molar-refractivity contribution in [2.75, 3.05) is 0 Å². The van der Waals surface area contributed by atoms with Gasteiger partial charge in [-0.15, -0.1) is 0 Å². The minimum Gasteiger partial charge on any atom is -0.456 e. The van der Waals surface area contributed by atoms with Gasteiger partial charge < -0.3 is 13.6 Å². The zero-order valence-electron chi connectivity index (χ0n) is 32.3. The van der Waals surface area contributed by atoms with Crippen LogP contribution in [0, 0.1) is 11.3 Å². The molecule has 0 bridgehead atoms. The fraction of sp³-hybridized carbons (Fsp3) is 0. The molecular formula is C54H34N4OSi. The van der Waals surface area contributed by atoms with Gasteiger partial charge in [-0.3, -0.25) is 4.98 Å². The predicted octanol–water partition coefficient (Wildman–Crippen LogP) is 10.4. The molecule has 60 heavy (non-hydrogen) atoms. The molecule has 6 heteroatoms. The molecule has 0 aliphatic heterocycles. The van der Waals surface area contributed by atoms with Crippen LogP contribution in [0.25, 0.3) is 76.9 Å². The van der Waals surface area contributed by atoms with Gasteiger partial charge >= 0.3 is 0 Å². The van der Waals surface area contributed by atoms with Crippen molar-refractivity contribution in [1.82, 2.24) is 14.1 Å². The third-order valence-electron chi connectivity index (χ3n) is 12.3. The van der Waals surface area contributed by atoms with Crippen molar-refractivity contribution in [3.8, 4) is 17.4 Å². The number of para-hydroxylation sites is 3. The lowest BCUT2D eigenvalue weighted by Crippen LogP contribution is -2.75. The van der Waals surface area contributed by atoms with Gasteiger partial charge in [0.25, 0.3) is 0 Å². The van der Waals surface area contributed by atoms with Gasteiger partial charge in [0, 0.05) is 55.2 Å². The van der Waals surface area contributed by atoms with Crippen LogP contribution in [0.15, 0.2) is 211 Å². The average Bonchev–Trinajstić information content (AvgIpc) is 3.98. The molecule has 12 rings (SSSR count). The maximum atomic E-state index is 9.84. The molecule has 0 aliphatic rings. The maximum Gasteiger partial charge on any atom is 0.201 e. The van der Waals surface area contributed by atoms with Crippen molar-refractivity contribution >= 4 is 94.5 Å². The molecule has 5 nitrogen and oxygen atoms in total. The summed E-state index contributed by atoms with van der Waals surface area (Å²) < 4.78 is 11.2. The van der Waals surface area contributed by atoms with E-state index in [2.05, 4.69) is 191 Å². The maximum absolute atomic E-state index is 9.84. The van der Waals surface area contributed by atoms with E-state index in [9.17, 15) is 5.26 Å². The molecule has 0 aliphatic carbocycles. The highest BCUT2D eigenvalue weighted by Crippen LogP contribution is 2.41. The highest BCUT2D eigenvalue weighted by molar-refractivity contribution is 7.19. The zero-order chi connectivity index (χ0) is 39.8. The molecule has 0 radical (unpaired) electrons. The van der Waals surface area contributed by atoms with Gasteiger partial charge in [-0.25, -0.2) is 0 Å². The van der Waals surface area contributed by atoms with Crippen molar-refractivity contribution in [3.63, 3.8) is 0 Å². The van der Waals surface area contributed by atoms with E-state index in [4.69, 9.17) is 9.40 Å². The molecule has 0 saturated carbocycles. The standard InChI is InChI=1S/C54H34N4OSi/c55-35-36-27-28-48-45(32-36)42-20-4-7-23-46(42)57(48)37-14-12-18-40(33-37)60(39-16-2-1-3-17-39,52-26-10-11-31-56-52)41-19-13-15-38(34-41)58-47-24-8-5-21-43(47)53-49(58)29-30-51-54(53)44-22-6-9-25-50(44)59-51/h1-34H. The van der Waals surface area contributed by atoms with Crippen molar-refractivity contribution < 1.29 is 4.42 Å². The van der Waals surface area contributed by atoms with E-state index in [0.29, 0.717) is 5.56 Å². The van der Waals surface area contributed by atoms with Crippen molar-refractivity contribution in [2.45, 2.75) is 0 Å². The van der Waals surface area contributed by atoms with Crippen LogP contribution >= 0.6 is 0 Å². The van der Waals surface area contributed by atoms with Crippen LogP contribution in [0.3, 0.4) is 0 Å². The number of aromatic nitrogens is 3. The first kappa shape index (κ1) is 34.1. The summed E-state index contributed by atoms with van der Waals surface area (Å²) in [6.07, 6.45) is 1.93. The van der Waals surface area contributed by atoms with Gasteiger partial charge in [0.2, 0.25) is 8.07 Å². The lowest BCUT2D eigenvalue weighted by molar-refractivity contribution is 0.669. The first-order valence-electron chi connectivity index (χ1n) is 20.2. The summed E-state index contributed by atoms with van der Waals surface area (Å²) in [5, 5.41) is 21.4. The Kier molecular flexibility index (Phi) is 7.55. The Hall–Kier alpha value is -7.98. The van der Waals surface area contributed by atoms with Crippen LogP contribution in [0.2, 0.25) is 0 Å². The Bertz CT molecular complexity index is 3650. The molecule has 4 heterocycles. The van der Waals surface area contributed by atoms with Gasteiger partial charge in [0.05, 0.1) is 33.7 Å². The SMILES string of the molecule is N#Cc1ccc2c(c1)c1ccccc1n2-c1cccc([Si](c2ccccc2)(c2cccc(-n3c4ccccc4c4c5c(ccc43)oc3ccccc35)c2)c2ccccn2)c1. The normalized spacial score (nSPS) is 12.8. The number of hydrogen-bond donors (Lipinski definition) is 0. The van der Waals surface area contributed by atoms with E-state index in [-0.39, 0.29) is 0 Å². The topological polar surface area (TPSA) is 59.7 Å². The fourth-order valence-electron chi connectivity index (χ4n) is 9.85. The van der Waals surface area contributed by atoms with Crippen LogP contribution in [-0.2, 0) is 0 Å². The third kappa shape index (κ3) is 4.87. The largest absolute Gasteiger partial charge is 0.456 e. The lowest BCUT2D eigenvalue weighted by Gasteiger charge is -2.34. The summed E-state index contributed by atoms with van der Waals surface area (Å²) in [5.41, 5.74) is 8.99. The first-order chi connectivity index (χ1) is 29.7. The second-order valence-corrected chi connectivity index (χ2v) is 19.2. The van der Waals surface area contributed by atoms with Crippen molar-refractivity contribution in [2.24, 2.45) is 0 Å². The van der Waals surface area contributed by atoms with E-state index in [1.165, 1.54) is 26.3 Å². The van der Waals surface area contributed by atoms with Crippen molar-refractivity contribution in [3.05, 3.63) is 212 Å². The lowest BCUT2D eigenvalue weighted by atomic mass is 10.1.